The van der Waals surface area contributed by atoms with Gasteiger partial charge in [-0.2, -0.15) is 0 Å². The molecule has 3 aliphatic rings. The third kappa shape index (κ3) is 3.80. The maximum absolute atomic E-state index is 12.7. The lowest BCUT2D eigenvalue weighted by Crippen LogP contribution is -2.46. The number of benzene rings is 1. The second-order valence-corrected chi connectivity index (χ2v) is 9.12. The zero-order valence-corrected chi connectivity index (χ0v) is 17.3. The van der Waals surface area contributed by atoms with Crippen molar-refractivity contribution in [2.75, 3.05) is 19.6 Å². The number of hydrogen-bond acceptors (Lipinski definition) is 4. The molecule has 2 saturated heterocycles. The van der Waals surface area contributed by atoms with E-state index in [2.05, 4.69) is 0 Å². The smallest absolute Gasteiger partial charge is 0.235 e. The highest BCUT2D eigenvalue weighted by Gasteiger charge is 2.52. The molecule has 3 amide bonds. The van der Waals surface area contributed by atoms with Crippen molar-refractivity contribution in [1.29, 1.82) is 0 Å². The van der Waals surface area contributed by atoms with Crippen molar-refractivity contribution in [1.82, 2.24) is 9.80 Å². The molecule has 1 aromatic carbocycles. The third-order valence-corrected chi connectivity index (χ3v) is 7.18. The number of carbonyl (C=O) groups excluding carboxylic acids is 3. The molecular formula is C22H27ClN2O4. The molecule has 4 rings (SSSR count). The van der Waals surface area contributed by atoms with Crippen LogP contribution >= 0.6 is 11.6 Å². The Morgan fingerprint density at radius 2 is 1.66 bits per heavy atom. The molecule has 0 radical (unpaired) electrons. The summed E-state index contributed by atoms with van der Waals surface area (Å²) < 4.78 is 0. The van der Waals surface area contributed by atoms with Crippen molar-refractivity contribution in [3.8, 4) is 0 Å². The summed E-state index contributed by atoms with van der Waals surface area (Å²) in [5.41, 5.74) is -0.638. The Morgan fingerprint density at radius 3 is 2.28 bits per heavy atom. The minimum atomic E-state index is -0.961. The van der Waals surface area contributed by atoms with E-state index in [1.165, 1.54) is 4.90 Å². The van der Waals surface area contributed by atoms with Crippen LogP contribution in [0.4, 0.5) is 0 Å². The molecule has 1 aromatic rings. The molecule has 6 nitrogen and oxygen atoms in total. The molecule has 7 heteroatoms. The van der Waals surface area contributed by atoms with E-state index in [4.69, 9.17) is 11.6 Å². The number of aliphatic hydroxyl groups is 1. The predicted octanol–water partition coefficient (Wildman–Crippen LogP) is 2.86. The van der Waals surface area contributed by atoms with Crippen molar-refractivity contribution >= 4 is 29.3 Å². The van der Waals surface area contributed by atoms with Gasteiger partial charge in [-0.1, -0.05) is 36.6 Å². The van der Waals surface area contributed by atoms with Gasteiger partial charge in [-0.3, -0.25) is 19.3 Å². The first-order valence-corrected chi connectivity index (χ1v) is 10.8. The van der Waals surface area contributed by atoms with Crippen molar-refractivity contribution in [2.45, 2.75) is 57.0 Å². The van der Waals surface area contributed by atoms with Gasteiger partial charge < -0.3 is 10.0 Å². The number of halogens is 1. The van der Waals surface area contributed by atoms with Crippen LogP contribution < -0.4 is 0 Å². The van der Waals surface area contributed by atoms with Crippen LogP contribution in [0.1, 0.15) is 56.9 Å². The second-order valence-electron chi connectivity index (χ2n) is 8.68. The maximum Gasteiger partial charge on any atom is 0.235 e. The summed E-state index contributed by atoms with van der Waals surface area (Å²) in [4.78, 5) is 40.7. The summed E-state index contributed by atoms with van der Waals surface area (Å²) in [6, 6.07) is 7.16. The van der Waals surface area contributed by atoms with E-state index in [1.807, 2.05) is 12.1 Å². The first-order valence-electron chi connectivity index (χ1n) is 10.4. The van der Waals surface area contributed by atoms with Gasteiger partial charge in [-0.15, -0.1) is 0 Å². The summed E-state index contributed by atoms with van der Waals surface area (Å²) in [5.74, 6) is -0.292. The van der Waals surface area contributed by atoms with Crippen molar-refractivity contribution in [3.05, 3.63) is 34.9 Å². The minimum absolute atomic E-state index is 0.0730. The molecule has 1 N–H and O–H groups in total. The monoisotopic (exact) mass is 418 g/mol. The van der Waals surface area contributed by atoms with Crippen LogP contribution in [-0.4, -0.2) is 52.3 Å². The number of rotatable bonds is 4. The molecule has 2 aliphatic heterocycles. The first kappa shape index (κ1) is 20.4. The van der Waals surface area contributed by atoms with Gasteiger partial charge in [-0.05, 0) is 43.4 Å². The molecule has 29 heavy (non-hydrogen) atoms. The third-order valence-electron chi connectivity index (χ3n) is 6.92. The van der Waals surface area contributed by atoms with Crippen LogP contribution in [0.15, 0.2) is 24.3 Å². The fraction of sp³-hybridized carbons (Fsp3) is 0.591. The van der Waals surface area contributed by atoms with Crippen molar-refractivity contribution < 1.29 is 19.5 Å². The molecular weight excluding hydrogens is 392 g/mol. The second kappa shape index (κ2) is 7.73. The lowest BCUT2D eigenvalue weighted by atomic mass is 9.84. The van der Waals surface area contributed by atoms with E-state index < -0.39 is 11.0 Å². The summed E-state index contributed by atoms with van der Waals surface area (Å²) in [6.07, 6.45) is 4.92. The molecule has 0 bridgehead atoms. The van der Waals surface area contributed by atoms with E-state index in [0.717, 1.165) is 31.2 Å². The SMILES string of the molecule is O=C(CCN1C(=O)CC2(CCCC2)C1=O)N1CCC(O)(c2ccc(Cl)cc2)CC1. The van der Waals surface area contributed by atoms with Gasteiger partial charge in [0, 0.05) is 37.5 Å². The summed E-state index contributed by atoms with van der Waals surface area (Å²) in [5, 5.41) is 11.6. The van der Waals surface area contributed by atoms with Gasteiger partial charge in [0.05, 0.1) is 11.0 Å². The van der Waals surface area contributed by atoms with E-state index in [-0.39, 0.29) is 30.7 Å². The molecule has 1 saturated carbocycles. The molecule has 3 fully saturated rings. The fourth-order valence-corrected chi connectivity index (χ4v) is 5.20. The Hall–Kier alpha value is -1.92. The zero-order chi connectivity index (χ0) is 20.6. The normalized spacial score (nSPS) is 23.2. The van der Waals surface area contributed by atoms with E-state index in [0.29, 0.717) is 37.4 Å². The van der Waals surface area contributed by atoms with E-state index >= 15 is 0 Å². The Balaban J connectivity index is 1.31. The van der Waals surface area contributed by atoms with Gasteiger partial charge in [0.25, 0.3) is 0 Å². The number of nitrogens with zero attached hydrogens (tertiary/aromatic N) is 2. The van der Waals surface area contributed by atoms with Crippen LogP contribution in [0.2, 0.25) is 5.02 Å². The van der Waals surface area contributed by atoms with Gasteiger partial charge in [-0.25, -0.2) is 0 Å². The summed E-state index contributed by atoms with van der Waals surface area (Å²) >= 11 is 5.92. The number of carbonyl (C=O) groups is 3. The highest BCUT2D eigenvalue weighted by atomic mass is 35.5. The quantitative estimate of drug-likeness (QED) is 0.762. The number of imide groups is 1. The molecule has 156 valence electrons. The number of hydrogen-bond donors (Lipinski definition) is 1. The molecule has 2 heterocycles. The Morgan fingerprint density at radius 1 is 1.03 bits per heavy atom. The Bertz CT molecular complexity index is 809. The van der Waals surface area contributed by atoms with Crippen LogP contribution in [0.25, 0.3) is 0 Å². The van der Waals surface area contributed by atoms with Crippen molar-refractivity contribution in [3.63, 3.8) is 0 Å². The molecule has 0 aromatic heterocycles. The molecule has 0 atom stereocenters. The molecule has 1 aliphatic carbocycles. The summed E-state index contributed by atoms with van der Waals surface area (Å²) in [7, 11) is 0. The number of amides is 3. The van der Waals surface area contributed by atoms with Gasteiger partial charge >= 0.3 is 0 Å². The maximum atomic E-state index is 12.7. The first-order chi connectivity index (χ1) is 13.8. The molecule has 0 unspecified atom stereocenters. The largest absolute Gasteiger partial charge is 0.385 e. The number of piperidine rings is 1. The van der Waals surface area contributed by atoms with E-state index in [9.17, 15) is 19.5 Å². The topological polar surface area (TPSA) is 77.9 Å². The van der Waals surface area contributed by atoms with Crippen LogP contribution in [-0.2, 0) is 20.0 Å². The fourth-order valence-electron chi connectivity index (χ4n) is 5.07. The average molecular weight is 419 g/mol. The highest BCUT2D eigenvalue weighted by molar-refractivity contribution is 6.30. The Labute approximate surface area is 175 Å². The van der Waals surface area contributed by atoms with Crippen LogP contribution in [0.3, 0.4) is 0 Å². The zero-order valence-electron chi connectivity index (χ0n) is 16.5. The van der Waals surface area contributed by atoms with Crippen LogP contribution in [0.5, 0.6) is 0 Å². The molecule has 1 spiro atoms. The van der Waals surface area contributed by atoms with Gasteiger partial charge in [0.15, 0.2) is 0 Å². The predicted molar refractivity (Wildman–Crippen MR) is 108 cm³/mol. The van der Waals surface area contributed by atoms with Gasteiger partial charge in [0.1, 0.15) is 0 Å². The highest BCUT2D eigenvalue weighted by Crippen LogP contribution is 2.46. The standard InChI is InChI=1S/C22H27ClN2O4/c23-17-5-3-16(4-6-17)22(29)10-13-24(14-11-22)18(26)7-12-25-19(27)15-21(20(25)28)8-1-2-9-21/h3-6,29H,1-2,7-15H2. The van der Waals surface area contributed by atoms with E-state index in [1.54, 1.807) is 17.0 Å². The number of likely N-dealkylation sites (tertiary alicyclic amines) is 2. The Kier molecular flexibility index (Phi) is 5.42. The van der Waals surface area contributed by atoms with Crippen LogP contribution in [0, 0.1) is 5.41 Å². The summed E-state index contributed by atoms with van der Waals surface area (Å²) in [6.45, 7) is 1.06. The average Bonchev–Trinajstić information content (AvgIpc) is 3.26. The lowest BCUT2D eigenvalue weighted by Gasteiger charge is -2.38. The van der Waals surface area contributed by atoms with Crippen molar-refractivity contribution in [2.24, 2.45) is 5.41 Å². The lowest BCUT2D eigenvalue weighted by molar-refractivity contribution is -0.142. The van der Waals surface area contributed by atoms with Gasteiger partial charge in [0.2, 0.25) is 17.7 Å². The minimum Gasteiger partial charge on any atom is -0.385 e.